The molecule has 2 aliphatic heterocycles. The minimum atomic E-state index is -0.0849. The normalized spacial score (nSPS) is 19.7. The fourth-order valence-corrected chi connectivity index (χ4v) is 4.64. The summed E-state index contributed by atoms with van der Waals surface area (Å²) in [6, 6.07) is 9.78. The van der Waals surface area contributed by atoms with E-state index in [9.17, 15) is 9.59 Å². The van der Waals surface area contributed by atoms with Crippen LogP contribution in [0.15, 0.2) is 36.5 Å². The Balaban J connectivity index is 1.33. The molecule has 31 heavy (non-hydrogen) atoms. The maximum atomic E-state index is 13.3. The number of carbonyl (C=O) groups is 2. The third kappa shape index (κ3) is 3.95. The maximum Gasteiger partial charge on any atom is 0.274 e. The van der Waals surface area contributed by atoms with Gasteiger partial charge in [-0.3, -0.25) is 14.7 Å². The fraction of sp³-hybridized carbons (Fsp3) is 0.435. The molecular formula is C23H27N5O3. The Bertz CT molecular complexity index is 1080. The van der Waals surface area contributed by atoms with Gasteiger partial charge in [0, 0.05) is 36.7 Å². The number of aromatic amines is 2. The molecule has 2 amide bonds. The third-order valence-electron chi connectivity index (χ3n) is 6.31. The van der Waals surface area contributed by atoms with Crippen LogP contribution in [0.3, 0.4) is 0 Å². The SMILES string of the molecule is O=C(c1cc(C2CCCCN2C(=O)Cc2c[nH]c3ccccc23)[nH]n1)N1CCOCC1. The van der Waals surface area contributed by atoms with Crippen molar-refractivity contribution in [2.24, 2.45) is 0 Å². The predicted molar refractivity (Wildman–Crippen MR) is 116 cm³/mol. The Kier molecular flexibility index (Phi) is 5.46. The number of morpholine rings is 1. The molecule has 5 rings (SSSR count). The van der Waals surface area contributed by atoms with Crippen molar-refractivity contribution in [1.29, 1.82) is 0 Å². The van der Waals surface area contributed by atoms with Gasteiger partial charge in [-0.1, -0.05) is 18.2 Å². The topological polar surface area (TPSA) is 94.3 Å². The average Bonchev–Trinajstić information content (AvgIpc) is 3.47. The summed E-state index contributed by atoms with van der Waals surface area (Å²) < 4.78 is 5.33. The highest BCUT2D eigenvalue weighted by Crippen LogP contribution is 2.31. The number of para-hydroxylation sites is 1. The fourth-order valence-electron chi connectivity index (χ4n) is 4.64. The number of amides is 2. The number of aromatic nitrogens is 3. The van der Waals surface area contributed by atoms with Gasteiger partial charge >= 0.3 is 0 Å². The molecule has 2 N–H and O–H groups in total. The first kappa shape index (κ1) is 19.8. The van der Waals surface area contributed by atoms with Crippen molar-refractivity contribution in [1.82, 2.24) is 25.0 Å². The molecule has 0 bridgehead atoms. The minimum absolute atomic E-state index is 0.0785. The molecule has 8 heteroatoms. The highest BCUT2D eigenvalue weighted by atomic mass is 16.5. The van der Waals surface area contributed by atoms with Crippen LogP contribution >= 0.6 is 0 Å². The molecule has 1 aromatic carbocycles. The number of ether oxygens (including phenoxy) is 1. The van der Waals surface area contributed by atoms with Gasteiger partial charge in [0.15, 0.2) is 0 Å². The number of fused-ring (bicyclic) bond motifs is 1. The van der Waals surface area contributed by atoms with Crippen LogP contribution in [-0.4, -0.2) is 69.6 Å². The first-order valence-electron chi connectivity index (χ1n) is 11.0. The van der Waals surface area contributed by atoms with E-state index in [4.69, 9.17) is 4.74 Å². The van der Waals surface area contributed by atoms with Crippen molar-refractivity contribution in [3.05, 3.63) is 53.5 Å². The van der Waals surface area contributed by atoms with Crippen molar-refractivity contribution in [3.63, 3.8) is 0 Å². The largest absolute Gasteiger partial charge is 0.378 e. The second-order valence-corrected chi connectivity index (χ2v) is 8.25. The van der Waals surface area contributed by atoms with Crippen molar-refractivity contribution in [2.45, 2.75) is 31.7 Å². The van der Waals surface area contributed by atoms with Gasteiger partial charge in [0.1, 0.15) is 5.69 Å². The van der Waals surface area contributed by atoms with Crippen LogP contribution in [0.25, 0.3) is 10.9 Å². The summed E-state index contributed by atoms with van der Waals surface area (Å²) in [7, 11) is 0. The zero-order valence-corrected chi connectivity index (χ0v) is 17.5. The van der Waals surface area contributed by atoms with Gasteiger partial charge in [0.05, 0.1) is 31.4 Å². The summed E-state index contributed by atoms with van der Waals surface area (Å²) in [4.78, 5) is 33.0. The van der Waals surface area contributed by atoms with Crippen LogP contribution < -0.4 is 0 Å². The van der Waals surface area contributed by atoms with Gasteiger partial charge in [-0.25, -0.2) is 0 Å². The summed E-state index contributed by atoms with van der Waals surface area (Å²) in [6.07, 6.45) is 5.19. The molecular weight excluding hydrogens is 394 g/mol. The van der Waals surface area contributed by atoms with Crippen LogP contribution in [0.4, 0.5) is 0 Å². The molecule has 2 saturated heterocycles. The van der Waals surface area contributed by atoms with Crippen molar-refractivity contribution in [3.8, 4) is 0 Å². The van der Waals surface area contributed by atoms with E-state index < -0.39 is 0 Å². The second-order valence-electron chi connectivity index (χ2n) is 8.25. The molecule has 0 spiro atoms. The number of likely N-dealkylation sites (tertiary alicyclic amines) is 1. The Morgan fingerprint density at radius 1 is 1.13 bits per heavy atom. The number of carbonyl (C=O) groups excluding carboxylic acids is 2. The molecule has 3 aromatic rings. The zero-order chi connectivity index (χ0) is 21.2. The number of H-pyrrole nitrogens is 2. The molecule has 0 aliphatic carbocycles. The molecule has 162 valence electrons. The van der Waals surface area contributed by atoms with Crippen molar-refractivity contribution in [2.75, 3.05) is 32.8 Å². The van der Waals surface area contributed by atoms with E-state index in [1.54, 1.807) is 4.90 Å². The molecule has 0 saturated carbocycles. The van der Waals surface area contributed by atoms with Crippen LogP contribution in [-0.2, 0) is 16.0 Å². The molecule has 2 aromatic heterocycles. The summed E-state index contributed by atoms with van der Waals surface area (Å²) in [5, 5.41) is 8.40. The van der Waals surface area contributed by atoms with Gasteiger partial charge < -0.3 is 19.5 Å². The standard InChI is InChI=1S/C23H27N5O3/c29-22(13-16-15-24-18-6-2-1-5-17(16)18)28-8-4-3-7-21(28)19-14-20(26-25-19)23(30)27-9-11-31-12-10-27/h1-2,5-6,14-15,21,24H,3-4,7-13H2,(H,25,26). The molecule has 1 unspecified atom stereocenters. The number of rotatable bonds is 4. The minimum Gasteiger partial charge on any atom is -0.378 e. The Hall–Kier alpha value is -3.13. The van der Waals surface area contributed by atoms with Crippen LogP contribution in [0.1, 0.15) is 47.1 Å². The molecule has 8 nitrogen and oxygen atoms in total. The van der Waals surface area contributed by atoms with Crippen LogP contribution in [0, 0.1) is 0 Å². The monoisotopic (exact) mass is 421 g/mol. The molecule has 2 fully saturated rings. The van der Waals surface area contributed by atoms with E-state index >= 15 is 0 Å². The van der Waals surface area contributed by atoms with E-state index in [0.29, 0.717) is 38.4 Å². The quantitative estimate of drug-likeness (QED) is 0.677. The van der Waals surface area contributed by atoms with E-state index in [-0.39, 0.29) is 17.9 Å². The molecule has 4 heterocycles. The number of benzene rings is 1. The van der Waals surface area contributed by atoms with E-state index in [1.165, 1.54) is 0 Å². The van der Waals surface area contributed by atoms with Crippen molar-refractivity contribution < 1.29 is 14.3 Å². The summed E-state index contributed by atoms with van der Waals surface area (Å²) in [6.45, 7) is 3.00. The van der Waals surface area contributed by atoms with Gasteiger partial charge in [-0.05, 0) is 37.0 Å². The van der Waals surface area contributed by atoms with Gasteiger partial charge in [-0.15, -0.1) is 0 Å². The number of hydrogen-bond donors (Lipinski definition) is 2. The molecule has 2 aliphatic rings. The van der Waals surface area contributed by atoms with Gasteiger partial charge in [-0.2, -0.15) is 5.10 Å². The van der Waals surface area contributed by atoms with Crippen molar-refractivity contribution >= 4 is 22.7 Å². The number of nitrogens with zero attached hydrogens (tertiary/aromatic N) is 3. The van der Waals surface area contributed by atoms with E-state index in [0.717, 1.165) is 48.0 Å². The molecule has 0 radical (unpaired) electrons. The lowest BCUT2D eigenvalue weighted by Gasteiger charge is -2.35. The molecule has 1 atom stereocenters. The summed E-state index contributed by atoms with van der Waals surface area (Å²) in [5.74, 6) is 0.0170. The number of nitrogens with one attached hydrogen (secondary N) is 2. The Morgan fingerprint density at radius 2 is 1.97 bits per heavy atom. The lowest BCUT2D eigenvalue weighted by molar-refractivity contribution is -0.134. The summed E-state index contributed by atoms with van der Waals surface area (Å²) in [5.41, 5.74) is 3.30. The zero-order valence-electron chi connectivity index (χ0n) is 17.5. The smallest absolute Gasteiger partial charge is 0.274 e. The first-order chi connectivity index (χ1) is 15.2. The predicted octanol–water partition coefficient (Wildman–Crippen LogP) is 2.66. The number of piperidine rings is 1. The van der Waals surface area contributed by atoms with E-state index in [1.807, 2.05) is 41.4 Å². The second kappa shape index (κ2) is 8.55. The Labute approximate surface area is 180 Å². The highest BCUT2D eigenvalue weighted by Gasteiger charge is 2.31. The number of hydrogen-bond acceptors (Lipinski definition) is 4. The van der Waals surface area contributed by atoms with Gasteiger partial charge in [0.2, 0.25) is 5.91 Å². The lowest BCUT2D eigenvalue weighted by atomic mass is 9.98. The van der Waals surface area contributed by atoms with Crippen LogP contribution in [0.5, 0.6) is 0 Å². The maximum absolute atomic E-state index is 13.3. The van der Waals surface area contributed by atoms with Gasteiger partial charge in [0.25, 0.3) is 5.91 Å². The van der Waals surface area contributed by atoms with Crippen LogP contribution in [0.2, 0.25) is 0 Å². The average molecular weight is 422 g/mol. The van der Waals surface area contributed by atoms with E-state index in [2.05, 4.69) is 15.2 Å². The summed E-state index contributed by atoms with van der Waals surface area (Å²) >= 11 is 0. The Morgan fingerprint density at radius 3 is 2.84 bits per heavy atom. The highest BCUT2D eigenvalue weighted by molar-refractivity contribution is 5.92. The first-order valence-corrected chi connectivity index (χ1v) is 11.0. The third-order valence-corrected chi connectivity index (χ3v) is 6.31. The lowest BCUT2D eigenvalue weighted by Crippen LogP contribution is -2.41.